The average Bonchev–Trinajstić information content (AvgIpc) is 2.67. The van der Waals surface area contributed by atoms with Gasteiger partial charge in [0.2, 0.25) is 5.91 Å². The van der Waals surface area contributed by atoms with Gasteiger partial charge in [-0.15, -0.1) is 11.8 Å². The van der Waals surface area contributed by atoms with E-state index < -0.39 is 6.61 Å². The molecule has 1 atom stereocenters. The maximum absolute atomic E-state index is 12.6. The Bertz CT molecular complexity index is 743. The van der Waals surface area contributed by atoms with Gasteiger partial charge in [-0.1, -0.05) is 36.4 Å². The molecule has 1 unspecified atom stereocenters. The minimum absolute atomic E-state index is 0.00260. The Hall–Kier alpha value is -2.28. The Balaban J connectivity index is 1.94. The monoisotopic (exact) mass is 395 g/mol. The highest BCUT2D eigenvalue weighted by atomic mass is 32.2. The third kappa shape index (κ3) is 6.43. The molecule has 0 aliphatic heterocycles. The minimum atomic E-state index is -2.92. The van der Waals surface area contributed by atoms with Crippen LogP contribution in [0.2, 0.25) is 0 Å². The molecule has 0 spiro atoms. The first-order valence-corrected chi connectivity index (χ1v) is 9.47. The van der Waals surface area contributed by atoms with E-state index in [1.807, 2.05) is 37.3 Å². The van der Waals surface area contributed by atoms with Crippen LogP contribution >= 0.6 is 11.8 Å². The number of carbonyl (C=O) groups is 1. The van der Waals surface area contributed by atoms with E-state index in [1.54, 1.807) is 35.8 Å². The molecule has 0 saturated carbocycles. The summed E-state index contributed by atoms with van der Waals surface area (Å²) in [6.07, 6.45) is 0. The Morgan fingerprint density at radius 1 is 1.11 bits per heavy atom. The highest BCUT2D eigenvalue weighted by Crippen LogP contribution is 2.30. The number of alkyl halides is 2. The molecule has 0 bridgehead atoms. The molecular formula is C20H23F2NO3S. The van der Waals surface area contributed by atoms with Crippen LogP contribution in [0.3, 0.4) is 0 Å². The molecule has 0 radical (unpaired) electrons. The molecule has 2 rings (SSSR count). The number of hydrogen-bond donors (Lipinski definition) is 0. The molecule has 0 fully saturated rings. The van der Waals surface area contributed by atoms with Crippen molar-refractivity contribution in [2.24, 2.45) is 0 Å². The van der Waals surface area contributed by atoms with E-state index in [0.29, 0.717) is 6.54 Å². The standard InChI is InChI=1S/C20H23F2NO3S/c1-14(27-13-15-7-5-4-6-8-15)19(24)23(2)12-16-9-10-17(26-20(21)22)18(11-16)25-3/h4-11,14,20H,12-13H2,1-3H3. The van der Waals surface area contributed by atoms with Gasteiger partial charge in [0.1, 0.15) is 0 Å². The van der Waals surface area contributed by atoms with Gasteiger partial charge in [-0.25, -0.2) is 0 Å². The van der Waals surface area contributed by atoms with E-state index in [-0.39, 0.29) is 22.7 Å². The summed E-state index contributed by atoms with van der Waals surface area (Å²) in [5, 5.41) is -0.196. The normalized spacial score (nSPS) is 11.9. The summed E-state index contributed by atoms with van der Waals surface area (Å²) in [7, 11) is 3.10. The zero-order valence-electron chi connectivity index (χ0n) is 15.5. The van der Waals surface area contributed by atoms with Crippen LogP contribution in [-0.2, 0) is 17.1 Å². The minimum Gasteiger partial charge on any atom is -0.493 e. The second-order valence-electron chi connectivity index (χ2n) is 6.00. The lowest BCUT2D eigenvalue weighted by Crippen LogP contribution is -2.32. The predicted molar refractivity (Wildman–Crippen MR) is 103 cm³/mol. The van der Waals surface area contributed by atoms with Crippen molar-refractivity contribution >= 4 is 17.7 Å². The number of halogens is 2. The lowest BCUT2D eigenvalue weighted by Gasteiger charge is -2.22. The number of ether oxygens (including phenoxy) is 2. The van der Waals surface area contributed by atoms with Gasteiger partial charge in [0, 0.05) is 19.3 Å². The number of methoxy groups -OCH3 is 1. The lowest BCUT2D eigenvalue weighted by molar-refractivity contribution is -0.129. The molecule has 0 aromatic heterocycles. The topological polar surface area (TPSA) is 38.8 Å². The van der Waals surface area contributed by atoms with Crippen molar-refractivity contribution in [1.82, 2.24) is 4.90 Å². The van der Waals surface area contributed by atoms with Crippen LogP contribution in [-0.4, -0.2) is 36.8 Å². The smallest absolute Gasteiger partial charge is 0.387 e. The number of benzene rings is 2. The van der Waals surface area contributed by atoms with E-state index in [2.05, 4.69) is 4.74 Å². The molecule has 0 heterocycles. The van der Waals surface area contributed by atoms with Crippen LogP contribution in [0.15, 0.2) is 48.5 Å². The van der Waals surface area contributed by atoms with Crippen LogP contribution in [0.4, 0.5) is 8.78 Å². The molecule has 0 N–H and O–H groups in total. The van der Waals surface area contributed by atoms with E-state index in [1.165, 1.54) is 18.7 Å². The highest BCUT2D eigenvalue weighted by molar-refractivity contribution is 7.99. The van der Waals surface area contributed by atoms with E-state index in [0.717, 1.165) is 11.3 Å². The highest BCUT2D eigenvalue weighted by Gasteiger charge is 2.19. The fourth-order valence-electron chi connectivity index (χ4n) is 2.53. The number of amides is 1. The van der Waals surface area contributed by atoms with Gasteiger partial charge in [0.05, 0.1) is 12.4 Å². The molecule has 7 heteroatoms. The maximum Gasteiger partial charge on any atom is 0.387 e. The lowest BCUT2D eigenvalue weighted by atomic mass is 10.2. The van der Waals surface area contributed by atoms with Crippen molar-refractivity contribution in [2.45, 2.75) is 31.1 Å². The van der Waals surface area contributed by atoms with Crippen molar-refractivity contribution < 1.29 is 23.0 Å². The van der Waals surface area contributed by atoms with Crippen molar-refractivity contribution in [3.8, 4) is 11.5 Å². The van der Waals surface area contributed by atoms with Crippen LogP contribution in [0.1, 0.15) is 18.1 Å². The van der Waals surface area contributed by atoms with Gasteiger partial charge in [0.25, 0.3) is 0 Å². The summed E-state index contributed by atoms with van der Waals surface area (Å²) < 4.78 is 34.3. The first kappa shape index (κ1) is 21.0. The molecule has 4 nitrogen and oxygen atoms in total. The van der Waals surface area contributed by atoms with Crippen LogP contribution in [0.5, 0.6) is 11.5 Å². The first-order chi connectivity index (χ1) is 12.9. The Labute approximate surface area is 162 Å². The van der Waals surface area contributed by atoms with E-state index >= 15 is 0 Å². The molecule has 2 aromatic carbocycles. The zero-order chi connectivity index (χ0) is 19.8. The third-order valence-corrected chi connectivity index (χ3v) is 5.13. The van der Waals surface area contributed by atoms with Gasteiger partial charge in [-0.3, -0.25) is 4.79 Å². The van der Waals surface area contributed by atoms with Gasteiger partial charge in [-0.2, -0.15) is 8.78 Å². The number of rotatable bonds is 9. The van der Waals surface area contributed by atoms with Crippen molar-refractivity contribution in [1.29, 1.82) is 0 Å². The van der Waals surface area contributed by atoms with E-state index in [9.17, 15) is 13.6 Å². The summed E-state index contributed by atoms with van der Waals surface area (Å²) >= 11 is 1.57. The van der Waals surface area contributed by atoms with Gasteiger partial charge >= 0.3 is 6.61 Å². The Kier molecular flexibility index (Phi) is 7.91. The predicted octanol–water partition coefficient (Wildman–Crippen LogP) is 4.58. The maximum atomic E-state index is 12.6. The molecule has 2 aromatic rings. The second-order valence-corrected chi connectivity index (χ2v) is 7.33. The molecule has 0 saturated heterocycles. The fraction of sp³-hybridized carbons (Fsp3) is 0.350. The second kappa shape index (κ2) is 10.2. The van der Waals surface area contributed by atoms with Gasteiger partial charge < -0.3 is 14.4 Å². The molecular weight excluding hydrogens is 372 g/mol. The molecule has 146 valence electrons. The summed E-state index contributed by atoms with van der Waals surface area (Å²) in [4.78, 5) is 14.2. The number of carbonyl (C=O) groups excluding carboxylic acids is 1. The van der Waals surface area contributed by atoms with Crippen molar-refractivity contribution in [3.63, 3.8) is 0 Å². The number of hydrogen-bond acceptors (Lipinski definition) is 4. The largest absolute Gasteiger partial charge is 0.493 e. The first-order valence-electron chi connectivity index (χ1n) is 8.43. The van der Waals surface area contributed by atoms with E-state index in [4.69, 9.17) is 4.74 Å². The summed E-state index contributed by atoms with van der Waals surface area (Å²) in [5.74, 6) is 0.940. The van der Waals surface area contributed by atoms with Crippen LogP contribution in [0, 0.1) is 0 Å². The Morgan fingerprint density at radius 3 is 2.44 bits per heavy atom. The van der Waals surface area contributed by atoms with Crippen LogP contribution in [0.25, 0.3) is 0 Å². The molecule has 0 aliphatic rings. The quantitative estimate of drug-likeness (QED) is 0.623. The third-order valence-electron chi connectivity index (χ3n) is 3.93. The van der Waals surface area contributed by atoms with Gasteiger partial charge in [0.15, 0.2) is 11.5 Å². The fourth-order valence-corrected chi connectivity index (χ4v) is 3.49. The van der Waals surface area contributed by atoms with Crippen molar-refractivity contribution in [2.75, 3.05) is 14.2 Å². The molecule has 1 amide bonds. The average molecular weight is 395 g/mol. The number of nitrogens with zero attached hydrogens (tertiary/aromatic N) is 1. The molecule has 27 heavy (non-hydrogen) atoms. The van der Waals surface area contributed by atoms with Crippen LogP contribution < -0.4 is 9.47 Å². The summed E-state index contributed by atoms with van der Waals surface area (Å²) in [6.45, 7) is -0.691. The van der Waals surface area contributed by atoms with Crippen molar-refractivity contribution in [3.05, 3.63) is 59.7 Å². The van der Waals surface area contributed by atoms with Gasteiger partial charge in [-0.05, 0) is 30.2 Å². The summed E-state index contributed by atoms with van der Waals surface area (Å²) in [5.41, 5.74) is 1.94. The molecule has 0 aliphatic carbocycles. The SMILES string of the molecule is COc1cc(CN(C)C(=O)C(C)SCc2ccccc2)ccc1OC(F)F. The zero-order valence-corrected chi connectivity index (χ0v) is 16.3. The Morgan fingerprint density at radius 2 is 1.81 bits per heavy atom. The number of thioether (sulfide) groups is 1. The summed E-state index contributed by atoms with van der Waals surface area (Å²) in [6, 6.07) is 14.6.